The monoisotopic (exact) mass is 481 g/mol. The molecule has 1 saturated carbocycles. The molecule has 0 spiro atoms. The van der Waals surface area contributed by atoms with Crippen LogP contribution in [0.3, 0.4) is 0 Å². The number of hydrogen-bond acceptors (Lipinski definition) is 5. The Labute approximate surface area is 211 Å². The molecule has 2 heterocycles. The van der Waals surface area contributed by atoms with Crippen molar-refractivity contribution in [3.8, 4) is 17.0 Å². The molecule has 0 radical (unpaired) electrons. The van der Waals surface area contributed by atoms with E-state index < -0.39 is 0 Å². The summed E-state index contributed by atoms with van der Waals surface area (Å²) >= 11 is 0. The number of phenolic OH excluding ortho intramolecular Hbond substituents is 1. The molecule has 0 atom stereocenters. The Morgan fingerprint density at radius 3 is 2.61 bits per heavy atom. The summed E-state index contributed by atoms with van der Waals surface area (Å²) in [5.74, 6) is 1.01. The third-order valence-corrected chi connectivity index (χ3v) is 6.76. The van der Waals surface area contributed by atoms with Gasteiger partial charge in [-0.05, 0) is 55.0 Å². The van der Waals surface area contributed by atoms with E-state index in [0.29, 0.717) is 30.5 Å². The molecule has 184 valence electrons. The highest BCUT2D eigenvalue weighted by Crippen LogP contribution is 2.37. The molecule has 1 fully saturated rings. The summed E-state index contributed by atoms with van der Waals surface area (Å²) in [5.41, 5.74) is 5.08. The van der Waals surface area contributed by atoms with Crippen LogP contribution in [0.4, 0.5) is 11.6 Å². The highest BCUT2D eigenvalue weighted by Gasteiger charge is 2.22. The van der Waals surface area contributed by atoms with E-state index in [2.05, 4.69) is 20.6 Å². The van der Waals surface area contributed by atoms with Gasteiger partial charge >= 0.3 is 0 Å². The quantitative estimate of drug-likeness (QED) is 0.249. The molecule has 4 aromatic rings. The highest BCUT2D eigenvalue weighted by atomic mass is 16.3. The van der Waals surface area contributed by atoms with Crippen LogP contribution >= 0.6 is 0 Å². The highest BCUT2D eigenvalue weighted by molar-refractivity contribution is 5.94. The number of carbonyl (C=O) groups is 1. The number of phenols is 1. The van der Waals surface area contributed by atoms with Gasteiger partial charge < -0.3 is 20.7 Å². The maximum atomic E-state index is 12.8. The zero-order chi connectivity index (χ0) is 24.7. The van der Waals surface area contributed by atoms with Crippen molar-refractivity contribution in [2.45, 2.75) is 44.4 Å². The lowest BCUT2D eigenvalue weighted by Crippen LogP contribution is -2.25. The minimum atomic E-state index is -0.187. The van der Waals surface area contributed by atoms with Gasteiger partial charge in [0.2, 0.25) is 5.95 Å². The van der Waals surface area contributed by atoms with E-state index in [1.807, 2.05) is 60.9 Å². The fourth-order valence-electron chi connectivity index (χ4n) is 4.84. The lowest BCUT2D eigenvalue weighted by Gasteiger charge is -2.23. The number of hydrogen-bond donors (Lipinski definition) is 4. The Kier molecular flexibility index (Phi) is 7.26. The molecule has 0 bridgehead atoms. The Morgan fingerprint density at radius 1 is 1.03 bits per heavy atom. The number of nitrogens with one attached hydrogen (secondary N) is 3. The van der Waals surface area contributed by atoms with Crippen molar-refractivity contribution in [2.75, 3.05) is 11.9 Å². The normalized spacial score (nSPS) is 13.9. The van der Waals surface area contributed by atoms with E-state index in [1.165, 1.54) is 19.3 Å². The number of aromatic hydroxyl groups is 1. The summed E-state index contributed by atoms with van der Waals surface area (Å²) in [6.45, 7) is 0.427. The number of nitrogens with zero attached hydrogens (tertiary/aromatic N) is 2. The Hall–Kier alpha value is -4.13. The van der Waals surface area contributed by atoms with Crippen LogP contribution < -0.4 is 10.6 Å². The van der Waals surface area contributed by atoms with Gasteiger partial charge in [-0.2, -0.15) is 0 Å². The van der Waals surface area contributed by atoms with Crippen LogP contribution in [0, 0.1) is 0 Å². The van der Waals surface area contributed by atoms with Crippen molar-refractivity contribution in [3.63, 3.8) is 0 Å². The van der Waals surface area contributed by atoms with Gasteiger partial charge in [-0.15, -0.1) is 0 Å². The molecule has 4 N–H and O–H groups in total. The number of anilines is 2. The minimum Gasteiger partial charge on any atom is -0.508 e. The smallest absolute Gasteiger partial charge is 0.267 e. The predicted molar refractivity (Wildman–Crippen MR) is 142 cm³/mol. The zero-order valence-corrected chi connectivity index (χ0v) is 20.2. The van der Waals surface area contributed by atoms with Gasteiger partial charge in [0.05, 0.1) is 5.69 Å². The molecule has 0 saturated heterocycles. The van der Waals surface area contributed by atoms with Crippen LogP contribution in [0.5, 0.6) is 5.75 Å². The maximum Gasteiger partial charge on any atom is 0.267 e. The van der Waals surface area contributed by atoms with Crippen LogP contribution in [0.2, 0.25) is 0 Å². The number of amides is 1. The molecule has 0 unspecified atom stereocenters. The average Bonchev–Trinajstić information content (AvgIpc) is 3.41. The first-order valence-electron chi connectivity index (χ1n) is 12.6. The summed E-state index contributed by atoms with van der Waals surface area (Å²) in [7, 11) is 0. The van der Waals surface area contributed by atoms with Crippen LogP contribution in [0.25, 0.3) is 11.3 Å². The second kappa shape index (κ2) is 11.1. The van der Waals surface area contributed by atoms with Gasteiger partial charge in [-0.1, -0.05) is 55.7 Å². The second-order valence-electron chi connectivity index (χ2n) is 9.26. The SMILES string of the molecule is O=C(NCCc1ccccc1O)c1cc(-c2nc(Nc3ccccc3)ncc2C2CCCCC2)c[nH]1. The first-order valence-corrected chi connectivity index (χ1v) is 12.6. The first kappa shape index (κ1) is 23.6. The molecule has 7 nitrogen and oxygen atoms in total. The number of aromatic nitrogens is 3. The molecule has 7 heteroatoms. The lowest BCUT2D eigenvalue weighted by molar-refractivity contribution is 0.0949. The minimum absolute atomic E-state index is 0.187. The zero-order valence-electron chi connectivity index (χ0n) is 20.2. The van der Waals surface area contributed by atoms with Crippen molar-refractivity contribution >= 4 is 17.5 Å². The van der Waals surface area contributed by atoms with Crippen molar-refractivity contribution in [1.82, 2.24) is 20.3 Å². The van der Waals surface area contributed by atoms with Gasteiger partial charge in [-0.3, -0.25) is 4.79 Å². The van der Waals surface area contributed by atoms with E-state index in [1.54, 1.807) is 12.1 Å². The molecule has 36 heavy (non-hydrogen) atoms. The van der Waals surface area contributed by atoms with E-state index >= 15 is 0 Å². The van der Waals surface area contributed by atoms with Crippen molar-refractivity contribution in [3.05, 3.63) is 89.9 Å². The topological polar surface area (TPSA) is 103 Å². The number of rotatable bonds is 8. The molecule has 5 rings (SSSR count). The summed E-state index contributed by atoms with van der Waals surface area (Å²) < 4.78 is 0. The number of H-pyrrole nitrogens is 1. The summed E-state index contributed by atoms with van der Waals surface area (Å²) in [5, 5.41) is 16.2. The van der Waals surface area contributed by atoms with Gasteiger partial charge in [-0.25, -0.2) is 9.97 Å². The molecule has 1 aliphatic carbocycles. The van der Waals surface area contributed by atoms with Crippen LogP contribution in [0.1, 0.15) is 59.6 Å². The number of para-hydroxylation sites is 2. The summed E-state index contributed by atoms with van der Waals surface area (Å²) in [6.07, 6.45) is 10.3. The lowest BCUT2D eigenvalue weighted by atomic mass is 9.83. The van der Waals surface area contributed by atoms with Crippen LogP contribution in [-0.4, -0.2) is 32.5 Å². The molecule has 1 aliphatic rings. The molecule has 1 amide bonds. The summed E-state index contributed by atoms with van der Waals surface area (Å²) in [4.78, 5) is 25.4. The average molecular weight is 482 g/mol. The third-order valence-electron chi connectivity index (χ3n) is 6.76. The van der Waals surface area contributed by atoms with Gasteiger partial charge in [0.1, 0.15) is 11.4 Å². The molecule has 2 aromatic carbocycles. The molecular weight excluding hydrogens is 450 g/mol. The molecule has 2 aromatic heterocycles. The Bertz CT molecular complexity index is 1310. The Balaban J connectivity index is 1.35. The van der Waals surface area contributed by atoms with Crippen LogP contribution in [-0.2, 0) is 6.42 Å². The van der Waals surface area contributed by atoms with E-state index in [4.69, 9.17) is 4.98 Å². The van der Waals surface area contributed by atoms with Crippen molar-refractivity contribution < 1.29 is 9.90 Å². The van der Waals surface area contributed by atoms with Crippen molar-refractivity contribution in [2.24, 2.45) is 0 Å². The number of carbonyl (C=O) groups excluding carboxylic acids is 1. The fraction of sp³-hybridized carbons (Fsp3) is 0.276. The van der Waals surface area contributed by atoms with E-state index in [-0.39, 0.29) is 11.7 Å². The number of aromatic amines is 1. The van der Waals surface area contributed by atoms with Crippen LogP contribution in [0.15, 0.2) is 73.1 Å². The summed E-state index contributed by atoms with van der Waals surface area (Å²) in [6, 6.07) is 18.9. The second-order valence-corrected chi connectivity index (χ2v) is 9.26. The van der Waals surface area contributed by atoms with E-state index in [0.717, 1.165) is 40.9 Å². The maximum absolute atomic E-state index is 12.8. The first-order chi connectivity index (χ1) is 17.7. The largest absolute Gasteiger partial charge is 0.508 e. The van der Waals surface area contributed by atoms with Crippen molar-refractivity contribution in [1.29, 1.82) is 0 Å². The Morgan fingerprint density at radius 2 is 1.81 bits per heavy atom. The standard InChI is InChI=1S/C29H31N5O2/c35-26-14-8-7-11-21(26)15-16-30-28(36)25-17-22(18-31-25)27-24(20-9-3-1-4-10-20)19-32-29(34-27)33-23-12-5-2-6-13-23/h2,5-8,11-14,17-20,31,35H,1,3-4,9-10,15-16H2,(H,30,36)(H,32,33,34). The van der Waals surface area contributed by atoms with Gasteiger partial charge in [0.15, 0.2) is 0 Å². The molecule has 0 aliphatic heterocycles. The van der Waals surface area contributed by atoms with E-state index in [9.17, 15) is 9.90 Å². The third kappa shape index (κ3) is 5.57. The van der Waals surface area contributed by atoms with Gasteiger partial charge in [0.25, 0.3) is 5.91 Å². The van der Waals surface area contributed by atoms with Gasteiger partial charge in [0, 0.05) is 35.8 Å². The predicted octanol–water partition coefficient (Wildman–Crippen LogP) is 5.94. The fourth-order valence-corrected chi connectivity index (χ4v) is 4.84. The molecular formula is C29H31N5O2. The number of benzene rings is 2.